The van der Waals surface area contributed by atoms with Crippen LogP contribution >= 0.6 is 11.6 Å². The minimum absolute atomic E-state index is 0.151. The molecule has 2 aromatic heterocycles. The molecule has 2 amide bonds. The standard InChI is InChI=1S/C24H20ClN5O3/c25-18-4-7-21(8-5-18)33-23-9-6-20(15-27-23)29-24(32)17-2-1-3-19(14-17)28-22(31)10-12-30-13-11-26-16-30/h1-9,11,13-16H,10,12H2,(H,28,31)(H,29,32). The number of halogens is 1. The SMILES string of the molecule is O=C(CCn1ccnc1)Nc1cccc(C(=O)Nc2ccc(Oc3ccc(Cl)cc3)nc2)c1. The summed E-state index contributed by atoms with van der Waals surface area (Å²) in [5, 5.41) is 6.21. The molecule has 0 aliphatic carbocycles. The fourth-order valence-corrected chi connectivity index (χ4v) is 3.08. The van der Waals surface area contributed by atoms with E-state index in [0.29, 0.717) is 46.6 Å². The van der Waals surface area contributed by atoms with Gasteiger partial charge in [-0.15, -0.1) is 0 Å². The zero-order valence-corrected chi connectivity index (χ0v) is 18.2. The molecule has 0 radical (unpaired) electrons. The number of amides is 2. The monoisotopic (exact) mass is 461 g/mol. The summed E-state index contributed by atoms with van der Waals surface area (Å²) in [6.45, 7) is 0.525. The molecule has 8 nitrogen and oxygen atoms in total. The molecule has 0 atom stereocenters. The number of carbonyl (C=O) groups is 2. The Morgan fingerprint density at radius 3 is 2.58 bits per heavy atom. The van der Waals surface area contributed by atoms with Gasteiger partial charge in [0.1, 0.15) is 5.75 Å². The molecule has 33 heavy (non-hydrogen) atoms. The largest absolute Gasteiger partial charge is 0.439 e. The minimum Gasteiger partial charge on any atom is -0.439 e. The fraction of sp³-hybridized carbons (Fsp3) is 0.0833. The first kappa shape index (κ1) is 22.0. The summed E-state index contributed by atoms with van der Waals surface area (Å²) >= 11 is 5.87. The van der Waals surface area contributed by atoms with Gasteiger partial charge in [-0.3, -0.25) is 9.59 Å². The average molecular weight is 462 g/mol. The lowest BCUT2D eigenvalue weighted by atomic mass is 10.2. The maximum Gasteiger partial charge on any atom is 0.255 e. The number of benzene rings is 2. The number of hydrogen-bond acceptors (Lipinski definition) is 5. The Balaban J connectivity index is 1.32. The number of imidazole rings is 1. The molecule has 2 N–H and O–H groups in total. The zero-order valence-electron chi connectivity index (χ0n) is 17.4. The third-order valence-corrected chi connectivity index (χ3v) is 4.85. The van der Waals surface area contributed by atoms with Crippen LogP contribution in [0.4, 0.5) is 11.4 Å². The maximum absolute atomic E-state index is 12.6. The van der Waals surface area contributed by atoms with E-state index < -0.39 is 0 Å². The van der Waals surface area contributed by atoms with Crippen LogP contribution in [0.2, 0.25) is 5.02 Å². The van der Waals surface area contributed by atoms with Crippen molar-refractivity contribution >= 4 is 34.8 Å². The second-order valence-electron chi connectivity index (χ2n) is 7.07. The van der Waals surface area contributed by atoms with E-state index in [-0.39, 0.29) is 11.8 Å². The van der Waals surface area contributed by atoms with E-state index in [0.717, 1.165) is 0 Å². The molecule has 2 aromatic carbocycles. The zero-order chi connectivity index (χ0) is 23.0. The Bertz CT molecular complexity index is 1230. The van der Waals surface area contributed by atoms with E-state index in [4.69, 9.17) is 16.3 Å². The van der Waals surface area contributed by atoms with Crippen molar-refractivity contribution in [2.24, 2.45) is 0 Å². The maximum atomic E-state index is 12.6. The number of nitrogens with zero attached hydrogens (tertiary/aromatic N) is 3. The van der Waals surface area contributed by atoms with Crippen LogP contribution in [0, 0.1) is 0 Å². The first-order chi connectivity index (χ1) is 16.0. The van der Waals surface area contributed by atoms with Crippen LogP contribution in [0.25, 0.3) is 0 Å². The first-order valence-corrected chi connectivity index (χ1v) is 10.5. The normalized spacial score (nSPS) is 10.5. The van der Waals surface area contributed by atoms with Crippen LogP contribution < -0.4 is 15.4 Å². The molecule has 0 saturated carbocycles. The molecular weight excluding hydrogens is 442 g/mol. The lowest BCUT2D eigenvalue weighted by Crippen LogP contribution is -2.15. The third-order valence-electron chi connectivity index (χ3n) is 4.60. The Morgan fingerprint density at radius 2 is 1.85 bits per heavy atom. The van der Waals surface area contributed by atoms with Gasteiger partial charge >= 0.3 is 0 Å². The van der Waals surface area contributed by atoms with Crippen molar-refractivity contribution in [2.75, 3.05) is 10.6 Å². The summed E-state index contributed by atoms with van der Waals surface area (Å²) in [5.74, 6) is 0.516. The summed E-state index contributed by atoms with van der Waals surface area (Å²) in [7, 11) is 0. The highest BCUT2D eigenvalue weighted by atomic mass is 35.5. The number of ether oxygens (including phenoxy) is 1. The van der Waals surface area contributed by atoms with E-state index >= 15 is 0 Å². The van der Waals surface area contributed by atoms with Gasteiger partial charge in [0.05, 0.1) is 18.2 Å². The number of carbonyl (C=O) groups excluding carboxylic acids is 2. The summed E-state index contributed by atoms with van der Waals surface area (Å²) in [4.78, 5) is 33.0. The summed E-state index contributed by atoms with van der Waals surface area (Å²) in [5.41, 5.74) is 1.46. The van der Waals surface area contributed by atoms with Crippen LogP contribution in [0.1, 0.15) is 16.8 Å². The van der Waals surface area contributed by atoms with Gasteiger partial charge in [-0.25, -0.2) is 9.97 Å². The highest BCUT2D eigenvalue weighted by Gasteiger charge is 2.09. The molecule has 0 fully saturated rings. The van der Waals surface area contributed by atoms with Gasteiger partial charge in [-0.1, -0.05) is 17.7 Å². The number of anilines is 2. The molecule has 0 aliphatic rings. The van der Waals surface area contributed by atoms with Gasteiger partial charge in [0.25, 0.3) is 5.91 Å². The topological polar surface area (TPSA) is 98.1 Å². The smallest absolute Gasteiger partial charge is 0.255 e. The van der Waals surface area contributed by atoms with Crippen molar-refractivity contribution in [2.45, 2.75) is 13.0 Å². The van der Waals surface area contributed by atoms with E-state index in [1.807, 2.05) is 4.57 Å². The van der Waals surface area contributed by atoms with Gasteiger partial charge in [-0.05, 0) is 48.5 Å². The predicted molar refractivity (Wildman–Crippen MR) is 126 cm³/mol. The number of pyridine rings is 1. The average Bonchev–Trinajstić information content (AvgIpc) is 3.34. The number of nitrogens with one attached hydrogen (secondary N) is 2. The molecule has 0 unspecified atom stereocenters. The molecule has 0 saturated heterocycles. The van der Waals surface area contributed by atoms with Crippen molar-refractivity contribution in [1.29, 1.82) is 0 Å². The third kappa shape index (κ3) is 6.41. The Kier molecular flexibility index (Phi) is 6.96. The van der Waals surface area contributed by atoms with Crippen molar-refractivity contribution in [3.63, 3.8) is 0 Å². The van der Waals surface area contributed by atoms with Crippen LogP contribution in [0.3, 0.4) is 0 Å². The van der Waals surface area contributed by atoms with E-state index in [1.165, 1.54) is 6.20 Å². The summed E-state index contributed by atoms with van der Waals surface area (Å²) in [6, 6.07) is 17.0. The van der Waals surface area contributed by atoms with Crippen molar-refractivity contribution < 1.29 is 14.3 Å². The lowest BCUT2D eigenvalue weighted by Gasteiger charge is -2.09. The molecule has 0 bridgehead atoms. The van der Waals surface area contributed by atoms with Crippen LogP contribution in [0.5, 0.6) is 11.6 Å². The highest BCUT2D eigenvalue weighted by molar-refractivity contribution is 6.30. The van der Waals surface area contributed by atoms with Gasteiger partial charge in [-0.2, -0.15) is 0 Å². The van der Waals surface area contributed by atoms with Gasteiger partial charge in [0.2, 0.25) is 11.8 Å². The van der Waals surface area contributed by atoms with Crippen LogP contribution in [0.15, 0.2) is 85.6 Å². The molecule has 166 valence electrons. The highest BCUT2D eigenvalue weighted by Crippen LogP contribution is 2.22. The minimum atomic E-state index is -0.322. The number of hydrogen-bond donors (Lipinski definition) is 2. The van der Waals surface area contributed by atoms with Crippen molar-refractivity contribution in [3.8, 4) is 11.6 Å². The lowest BCUT2D eigenvalue weighted by molar-refractivity contribution is -0.116. The molecule has 9 heteroatoms. The summed E-state index contributed by atoms with van der Waals surface area (Å²) < 4.78 is 7.47. The number of aryl methyl sites for hydroxylation is 1. The van der Waals surface area contributed by atoms with E-state index in [1.54, 1.807) is 79.4 Å². The predicted octanol–water partition coefficient (Wildman–Crippen LogP) is 5.00. The van der Waals surface area contributed by atoms with E-state index in [9.17, 15) is 9.59 Å². The van der Waals surface area contributed by atoms with Gasteiger partial charge in [0.15, 0.2) is 0 Å². The molecule has 2 heterocycles. The van der Waals surface area contributed by atoms with E-state index in [2.05, 4.69) is 20.6 Å². The Hall–Kier alpha value is -4.17. The van der Waals surface area contributed by atoms with Crippen LogP contribution in [-0.4, -0.2) is 26.3 Å². The van der Waals surface area contributed by atoms with Crippen molar-refractivity contribution in [3.05, 3.63) is 96.2 Å². The fourth-order valence-electron chi connectivity index (χ4n) is 2.95. The molecular formula is C24H20ClN5O3. The molecule has 4 rings (SSSR count). The first-order valence-electron chi connectivity index (χ1n) is 10.1. The molecule has 4 aromatic rings. The molecule has 0 aliphatic heterocycles. The van der Waals surface area contributed by atoms with Gasteiger partial charge < -0.3 is 19.9 Å². The molecule has 0 spiro atoms. The number of rotatable bonds is 8. The van der Waals surface area contributed by atoms with Crippen LogP contribution in [-0.2, 0) is 11.3 Å². The quantitative estimate of drug-likeness (QED) is 0.384. The second-order valence-corrected chi connectivity index (χ2v) is 7.51. The number of aromatic nitrogens is 3. The Labute approximate surface area is 195 Å². The summed E-state index contributed by atoms with van der Waals surface area (Å²) in [6.07, 6.45) is 6.91. The Morgan fingerprint density at radius 1 is 1.00 bits per heavy atom. The van der Waals surface area contributed by atoms with Gasteiger partial charge in [0, 0.05) is 47.7 Å². The van der Waals surface area contributed by atoms with Crippen molar-refractivity contribution in [1.82, 2.24) is 14.5 Å². The second kappa shape index (κ2) is 10.4.